The first-order chi connectivity index (χ1) is 9.08. The van der Waals surface area contributed by atoms with E-state index in [1.54, 1.807) is 13.0 Å². The number of carbonyl (C=O) groups is 1. The summed E-state index contributed by atoms with van der Waals surface area (Å²) < 4.78 is 0.982. The van der Waals surface area contributed by atoms with Crippen LogP contribution in [0.4, 0.5) is 0 Å². The molecule has 4 nitrogen and oxygen atoms in total. The van der Waals surface area contributed by atoms with Crippen molar-refractivity contribution >= 4 is 21.8 Å². The third-order valence-electron chi connectivity index (χ3n) is 2.74. The Labute approximate surface area is 120 Å². The van der Waals surface area contributed by atoms with Crippen molar-refractivity contribution in [3.8, 4) is 0 Å². The summed E-state index contributed by atoms with van der Waals surface area (Å²) in [6.45, 7) is 4.07. The molecule has 98 valence electrons. The van der Waals surface area contributed by atoms with Crippen LogP contribution in [0.1, 0.15) is 27.3 Å². The van der Waals surface area contributed by atoms with E-state index in [2.05, 4.69) is 31.4 Å². The van der Waals surface area contributed by atoms with Gasteiger partial charge in [-0.05, 0) is 31.5 Å². The topological polar surface area (TPSA) is 54.9 Å². The molecule has 1 amide bonds. The second-order valence-electron chi connectivity index (χ2n) is 4.26. The Hall–Kier alpha value is -1.75. The quantitative estimate of drug-likeness (QED) is 0.946. The zero-order chi connectivity index (χ0) is 13.8. The molecule has 19 heavy (non-hydrogen) atoms. The molecule has 0 bridgehead atoms. The van der Waals surface area contributed by atoms with Gasteiger partial charge in [0.05, 0.1) is 17.0 Å². The van der Waals surface area contributed by atoms with Crippen LogP contribution < -0.4 is 5.32 Å². The number of hydrogen-bond acceptors (Lipinski definition) is 3. The first-order valence-corrected chi connectivity index (χ1v) is 6.70. The normalized spacial score (nSPS) is 10.3. The van der Waals surface area contributed by atoms with Gasteiger partial charge in [0.25, 0.3) is 5.91 Å². The van der Waals surface area contributed by atoms with E-state index in [9.17, 15) is 4.79 Å². The molecule has 0 saturated heterocycles. The minimum absolute atomic E-state index is 0.133. The highest BCUT2D eigenvalue weighted by Gasteiger charge is 2.11. The molecule has 1 heterocycles. The number of rotatable bonds is 3. The largest absolute Gasteiger partial charge is 0.348 e. The van der Waals surface area contributed by atoms with Crippen LogP contribution in [0.15, 0.2) is 34.8 Å². The average molecular weight is 320 g/mol. The summed E-state index contributed by atoms with van der Waals surface area (Å²) in [4.78, 5) is 12.1. The molecule has 1 aromatic carbocycles. The lowest BCUT2D eigenvalue weighted by molar-refractivity contribution is 0.0949. The Morgan fingerprint density at radius 3 is 2.74 bits per heavy atom. The standard InChI is InChI=1S/C14H14BrN3O/c1-9-7-12(10(2)18-17-9)14(19)16-8-11-5-3-4-6-13(11)15/h3-7H,8H2,1-2H3,(H,16,19). The van der Waals surface area contributed by atoms with Crippen molar-refractivity contribution < 1.29 is 4.79 Å². The van der Waals surface area contributed by atoms with Crippen molar-refractivity contribution in [2.75, 3.05) is 0 Å². The molecule has 0 fully saturated rings. The number of benzene rings is 1. The van der Waals surface area contributed by atoms with E-state index in [0.717, 1.165) is 15.7 Å². The highest BCUT2D eigenvalue weighted by Crippen LogP contribution is 2.15. The summed E-state index contributed by atoms with van der Waals surface area (Å²) in [7, 11) is 0. The van der Waals surface area contributed by atoms with Crippen LogP contribution in [0.5, 0.6) is 0 Å². The molecule has 1 N–H and O–H groups in total. The van der Waals surface area contributed by atoms with Crippen LogP contribution in [-0.4, -0.2) is 16.1 Å². The van der Waals surface area contributed by atoms with Gasteiger partial charge in [-0.25, -0.2) is 0 Å². The fourth-order valence-corrected chi connectivity index (χ4v) is 2.12. The minimum atomic E-state index is -0.133. The van der Waals surface area contributed by atoms with E-state index in [4.69, 9.17) is 0 Å². The number of nitrogens with one attached hydrogen (secondary N) is 1. The van der Waals surface area contributed by atoms with Gasteiger partial charge in [-0.2, -0.15) is 10.2 Å². The Morgan fingerprint density at radius 1 is 1.26 bits per heavy atom. The van der Waals surface area contributed by atoms with Gasteiger partial charge >= 0.3 is 0 Å². The van der Waals surface area contributed by atoms with Gasteiger partial charge in [0.1, 0.15) is 0 Å². The molecular weight excluding hydrogens is 306 g/mol. The maximum atomic E-state index is 12.1. The van der Waals surface area contributed by atoms with Gasteiger partial charge in [-0.15, -0.1) is 0 Å². The Bertz CT molecular complexity index is 613. The van der Waals surface area contributed by atoms with E-state index in [0.29, 0.717) is 17.8 Å². The van der Waals surface area contributed by atoms with Gasteiger partial charge in [0.2, 0.25) is 0 Å². The molecule has 0 aliphatic carbocycles. The number of halogens is 1. The summed E-state index contributed by atoms with van der Waals surface area (Å²) in [6, 6.07) is 9.54. The molecule has 0 atom stereocenters. The van der Waals surface area contributed by atoms with Gasteiger partial charge in [0.15, 0.2) is 0 Å². The number of carbonyl (C=O) groups excluding carboxylic acids is 1. The van der Waals surface area contributed by atoms with E-state index < -0.39 is 0 Å². The first-order valence-electron chi connectivity index (χ1n) is 5.90. The van der Waals surface area contributed by atoms with Crippen LogP contribution in [0, 0.1) is 13.8 Å². The molecule has 5 heteroatoms. The lowest BCUT2D eigenvalue weighted by Gasteiger charge is -2.08. The maximum absolute atomic E-state index is 12.1. The molecule has 0 saturated carbocycles. The van der Waals surface area contributed by atoms with Crippen molar-refractivity contribution in [3.05, 3.63) is 57.3 Å². The molecule has 0 radical (unpaired) electrons. The fraction of sp³-hybridized carbons (Fsp3) is 0.214. The first kappa shape index (κ1) is 13.7. The van der Waals surface area contributed by atoms with Gasteiger partial charge in [-0.1, -0.05) is 34.1 Å². The lowest BCUT2D eigenvalue weighted by atomic mass is 10.1. The Kier molecular flexibility index (Phi) is 4.27. The van der Waals surface area contributed by atoms with Crippen molar-refractivity contribution in [2.45, 2.75) is 20.4 Å². The van der Waals surface area contributed by atoms with Crippen molar-refractivity contribution in [3.63, 3.8) is 0 Å². The van der Waals surface area contributed by atoms with Gasteiger partial charge < -0.3 is 5.32 Å². The lowest BCUT2D eigenvalue weighted by Crippen LogP contribution is -2.24. The SMILES string of the molecule is Cc1cc(C(=O)NCc2ccccc2Br)c(C)nn1. The molecule has 2 rings (SSSR count). The number of hydrogen-bond donors (Lipinski definition) is 1. The predicted octanol–water partition coefficient (Wildman–Crippen LogP) is 2.79. The van der Waals surface area contributed by atoms with E-state index >= 15 is 0 Å². The second-order valence-corrected chi connectivity index (χ2v) is 5.11. The molecule has 2 aromatic rings. The van der Waals surface area contributed by atoms with Gasteiger partial charge in [0, 0.05) is 11.0 Å². The number of aromatic nitrogens is 2. The highest BCUT2D eigenvalue weighted by molar-refractivity contribution is 9.10. The Morgan fingerprint density at radius 2 is 2.00 bits per heavy atom. The number of amides is 1. The summed E-state index contributed by atoms with van der Waals surface area (Å²) in [5.74, 6) is -0.133. The van der Waals surface area contributed by atoms with Crippen molar-refractivity contribution in [1.29, 1.82) is 0 Å². The fourth-order valence-electron chi connectivity index (χ4n) is 1.69. The summed E-state index contributed by atoms with van der Waals surface area (Å²) in [5, 5.41) is 10.8. The molecule has 0 aliphatic heterocycles. The molecule has 0 unspecified atom stereocenters. The van der Waals surface area contributed by atoms with Crippen LogP contribution in [-0.2, 0) is 6.54 Å². The van der Waals surface area contributed by atoms with Gasteiger partial charge in [-0.3, -0.25) is 4.79 Å². The summed E-state index contributed by atoms with van der Waals surface area (Å²) in [5.41, 5.74) is 2.97. The number of aryl methyl sites for hydroxylation is 2. The van der Waals surface area contributed by atoms with E-state index in [-0.39, 0.29) is 5.91 Å². The third-order valence-corrected chi connectivity index (χ3v) is 3.52. The van der Waals surface area contributed by atoms with E-state index in [1.807, 2.05) is 31.2 Å². The van der Waals surface area contributed by atoms with Crippen LogP contribution in [0.25, 0.3) is 0 Å². The smallest absolute Gasteiger partial charge is 0.253 e. The van der Waals surface area contributed by atoms with Crippen molar-refractivity contribution in [2.24, 2.45) is 0 Å². The van der Waals surface area contributed by atoms with Crippen LogP contribution >= 0.6 is 15.9 Å². The second kappa shape index (κ2) is 5.93. The van der Waals surface area contributed by atoms with Crippen LogP contribution in [0.2, 0.25) is 0 Å². The average Bonchev–Trinajstić information content (AvgIpc) is 2.40. The number of nitrogens with zero attached hydrogens (tertiary/aromatic N) is 2. The Balaban J connectivity index is 2.10. The minimum Gasteiger partial charge on any atom is -0.348 e. The summed E-state index contributed by atoms with van der Waals surface area (Å²) in [6.07, 6.45) is 0. The highest BCUT2D eigenvalue weighted by atomic mass is 79.9. The zero-order valence-electron chi connectivity index (χ0n) is 10.8. The zero-order valence-corrected chi connectivity index (χ0v) is 12.4. The van der Waals surface area contributed by atoms with Crippen molar-refractivity contribution in [1.82, 2.24) is 15.5 Å². The molecule has 0 aliphatic rings. The summed E-state index contributed by atoms with van der Waals surface area (Å²) >= 11 is 3.46. The van der Waals surface area contributed by atoms with Crippen LogP contribution in [0.3, 0.4) is 0 Å². The molecular formula is C14H14BrN3O. The molecule has 1 aromatic heterocycles. The predicted molar refractivity (Wildman–Crippen MR) is 76.8 cm³/mol. The molecule has 0 spiro atoms. The third kappa shape index (κ3) is 3.38. The van der Waals surface area contributed by atoms with E-state index in [1.165, 1.54) is 0 Å². The monoisotopic (exact) mass is 319 g/mol. The maximum Gasteiger partial charge on any atom is 0.253 e.